The fourth-order valence-corrected chi connectivity index (χ4v) is 1.52. The van der Waals surface area contributed by atoms with Crippen molar-refractivity contribution < 1.29 is 4.74 Å². The topological polar surface area (TPSA) is 62.3 Å². The van der Waals surface area contributed by atoms with Crippen LogP contribution in [-0.4, -0.2) is 37.2 Å². The summed E-state index contributed by atoms with van der Waals surface area (Å²) in [7, 11) is 1.68. The Morgan fingerprint density at radius 3 is 3.09 bits per heavy atom. The molecule has 1 saturated heterocycles. The summed E-state index contributed by atoms with van der Waals surface area (Å²) < 4.78 is 5.01. The Morgan fingerprint density at radius 1 is 1.82 bits per heavy atom. The van der Waals surface area contributed by atoms with Gasteiger partial charge in [-0.3, -0.25) is 5.41 Å². The fraction of sp³-hybridized carbons (Fsp3) is 0.857. The van der Waals surface area contributed by atoms with Crippen molar-refractivity contribution in [1.29, 1.82) is 5.41 Å². The molecule has 0 aromatic heterocycles. The average molecular weight is 157 g/mol. The van der Waals surface area contributed by atoms with Crippen LogP contribution < -0.4 is 5.73 Å². The van der Waals surface area contributed by atoms with Crippen LogP contribution in [0, 0.1) is 5.41 Å². The van der Waals surface area contributed by atoms with E-state index in [0.29, 0.717) is 12.6 Å². The van der Waals surface area contributed by atoms with E-state index in [-0.39, 0.29) is 5.96 Å². The SMILES string of the molecule is COCC1CCCN1C(=N)N. The number of guanidine groups is 1. The first kappa shape index (κ1) is 8.33. The molecule has 0 amide bonds. The van der Waals surface area contributed by atoms with Crippen molar-refractivity contribution in [3.63, 3.8) is 0 Å². The minimum absolute atomic E-state index is 0.171. The van der Waals surface area contributed by atoms with Crippen molar-refractivity contribution in [3.05, 3.63) is 0 Å². The van der Waals surface area contributed by atoms with Crippen molar-refractivity contribution in [2.75, 3.05) is 20.3 Å². The third kappa shape index (κ3) is 1.83. The number of hydrogen-bond donors (Lipinski definition) is 2. The molecule has 0 aromatic rings. The first-order valence-corrected chi connectivity index (χ1v) is 3.85. The molecule has 1 rings (SSSR count). The van der Waals surface area contributed by atoms with E-state index in [0.717, 1.165) is 19.4 Å². The van der Waals surface area contributed by atoms with Crippen LogP contribution in [0.5, 0.6) is 0 Å². The summed E-state index contributed by atoms with van der Waals surface area (Å²) in [5, 5.41) is 7.25. The van der Waals surface area contributed by atoms with E-state index < -0.39 is 0 Å². The molecule has 1 atom stereocenters. The van der Waals surface area contributed by atoms with Crippen LogP contribution in [0.15, 0.2) is 0 Å². The van der Waals surface area contributed by atoms with E-state index in [1.807, 2.05) is 4.90 Å². The Bertz CT molecular complexity index is 149. The van der Waals surface area contributed by atoms with Crippen LogP contribution in [0.3, 0.4) is 0 Å². The molecule has 1 fully saturated rings. The third-order valence-corrected chi connectivity index (χ3v) is 2.05. The minimum Gasteiger partial charge on any atom is -0.383 e. The van der Waals surface area contributed by atoms with E-state index >= 15 is 0 Å². The molecule has 0 aliphatic carbocycles. The first-order valence-electron chi connectivity index (χ1n) is 3.85. The largest absolute Gasteiger partial charge is 0.383 e. The Labute approximate surface area is 66.8 Å². The molecule has 0 aromatic carbocycles. The molecule has 1 aliphatic rings. The van der Waals surface area contributed by atoms with Crippen LogP contribution >= 0.6 is 0 Å². The van der Waals surface area contributed by atoms with E-state index in [4.69, 9.17) is 15.9 Å². The van der Waals surface area contributed by atoms with Crippen molar-refractivity contribution in [2.45, 2.75) is 18.9 Å². The van der Waals surface area contributed by atoms with E-state index in [1.54, 1.807) is 7.11 Å². The van der Waals surface area contributed by atoms with Gasteiger partial charge in [0, 0.05) is 13.7 Å². The Kier molecular flexibility index (Phi) is 2.70. The molecule has 4 nitrogen and oxygen atoms in total. The fourth-order valence-electron chi connectivity index (χ4n) is 1.52. The molecule has 1 aliphatic heterocycles. The second-order valence-electron chi connectivity index (χ2n) is 2.83. The maximum atomic E-state index is 7.25. The normalized spacial score (nSPS) is 24.1. The van der Waals surface area contributed by atoms with Gasteiger partial charge in [0.1, 0.15) is 0 Å². The number of nitrogens with two attached hydrogens (primary N) is 1. The number of ether oxygens (including phenoxy) is 1. The lowest BCUT2D eigenvalue weighted by molar-refractivity contribution is 0.144. The highest BCUT2D eigenvalue weighted by molar-refractivity contribution is 5.75. The standard InChI is InChI=1S/C7H15N3O/c1-11-5-6-3-2-4-10(6)7(8)9/h6H,2-5H2,1H3,(H3,8,9). The Hall–Kier alpha value is -0.770. The van der Waals surface area contributed by atoms with Gasteiger partial charge >= 0.3 is 0 Å². The summed E-state index contributed by atoms with van der Waals surface area (Å²) in [6.45, 7) is 1.59. The highest BCUT2D eigenvalue weighted by atomic mass is 16.5. The molecular weight excluding hydrogens is 142 g/mol. The maximum Gasteiger partial charge on any atom is 0.188 e. The van der Waals surface area contributed by atoms with Gasteiger partial charge in [-0.1, -0.05) is 0 Å². The van der Waals surface area contributed by atoms with Gasteiger partial charge in [-0.2, -0.15) is 0 Å². The number of nitrogens with one attached hydrogen (secondary N) is 1. The van der Waals surface area contributed by atoms with Crippen LogP contribution in [0.2, 0.25) is 0 Å². The van der Waals surface area contributed by atoms with Crippen LogP contribution in [0.4, 0.5) is 0 Å². The summed E-state index contributed by atoms with van der Waals surface area (Å²) in [6, 6.07) is 0.331. The number of nitrogens with zero attached hydrogens (tertiary/aromatic N) is 1. The quantitative estimate of drug-likeness (QED) is 0.438. The highest BCUT2D eigenvalue weighted by Crippen LogP contribution is 2.15. The second-order valence-corrected chi connectivity index (χ2v) is 2.83. The van der Waals surface area contributed by atoms with Crippen molar-refractivity contribution in [1.82, 2.24) is 4.90 Å². The molecule has 0 spiro atoms. The Morgan fingerprint density at radius 2 is 2.55 bits per heavy atom. The average Bonchev–Trinajstić information content (AvgIpc) is 2.36. The van der Waals surface area contributed by atoms with E-state index in [9.17, 15) is 0 Å². The van der Waals surface area contributed by atoms with Gasteiger partial charge in [0.2, 0.25) is 0 Å². The lowest BCUT2D eigenvalue weighted by Crippen LogP contribution is -2.41. The predicted molar refractivity (Wildman–Crippen MR) is 43.5 cm³/mol. The van der Waals surface area contributed by atoms with Crippen molar-refractivity contribution >= 4 is 5.96 Å². The molecule has 1 heterocycles. The molecule has 4 heteroatoms. The number of rotatable bonds is 2. The molecular formula is C7H15N3O. The molecule has 11 heavy (non-hydrogen) atoms. The van der Waals surface area contributed by atoms with Gasteiger partial charge in [0.15, 0.2) is 5.96 Å². The molecule has 1 unspecified atom stereocenters. The summed E-state index contributed by atoms with van der Waals surface area (Å²) in [4.78, 5) is 1.89. The smallest absolute Gasteiger partial charge is 0.188 e. The van der Waals surface area contributed by atoms with Gasteiger partial charge in [-0.25, -0.2) is 0 Å². The zero-order valence-electron chi connectivity index (χ0n) is 6.84. The van der Waals surface area contributed by atoms with E-state index in [1.165, 1.54) is 0 Å². The summed E-state index contributed by atoms with van der Waals surface area (Å²) in [6.07, 6.45) is 2.21. The zero-order chi connectivity index (χ0) is 8.27. The predicted octanol–water partition coefficient (Wildman–Crippen LogP) is -0.00933. The van der Waals surface area contributed by atoms with Crippen LogP contribution in [0.1, 0.15) is 12.8 Å². The monoisotopic (exact) mass is 157 g/mol. The van der Waals surface area contributed by atoms with E-state index in [2.05, 4.69) is 0 Å². The number of methoxy groups -OCH3 is 1. The lowest BCUT2D eigenvalue weighted by Gasteiger charge is -2.23. The zero-order valence-corrected chi connectivity index (χ0v) is 6.84. The number of likely N-dealkylation sites (tertiary alicyclic amines) is 1. The van der Waals surface area contributed by atoms with Crippen LogP contribution in [0.25, 0.3) is 0 Å². The molecule has 0 bridgehead atoms. The molecule has 3 N–H and O–H groups in total. The number of hydrogen-bond acceptors (Lipinski definition) is 2. The third-order valence-electron chi connectivity index (χ3n) is 2.05. The Balaban J connectivity index is 2.44. The summed E-state index contributed by atoms with van der Waals surface area (Å²) in [5.41, 5.74) is 5.37. The van der Waals surface area contributed by atoms with Crippen molar-refractivity contribution in [2.24, 2.45) is 5.73 Å². The van der Waals surface area contributed by atoms with Gasteiger partial charge in [0.25, 0.3) is 0 Å². The first-order chi connectivity index (χ1) is 5.25. The minimum atomic E-state index is 0.171. The molecule has 0 saturated carbocycles. The lowest BCUT2D eigenvalue weighted by atomic mass is 10.2. The molecule has 0 radical (unpaired) electrons. The summed E-state index contributed by atoms with van der Waals surface area (Å²) >= 11 is 0. The van der Waals surface area contributed by atoms with Gasteiger partial charge < -0.3 is 15.4 Å². The van der Waals surface area contributed by atoms with Crippen LogP contribution in [-0.2, 0) is 4.74 Å². The highest BCUT2D eigenvalue weighted by Gasteiger charge is 2.24. The molecule has 64 valence electrons. The second kappa shape index (κ2) is 3.57. The van der Waals surface area contributed by atoms with Gasteiger partial charge in [0.05, 0.1) is 12.6 Å². The maximum absolute atomic E-state index is 7.25. The summed E-state index contributed by atoms with van der Waals surface area (Å²) in [5.74, 6) is 0.171. The van der Waals surface area contributed by atoms with Crippen molar-refractivity contribution in [3.8, 4) is 0 Å². The van der Waals surface area contributed by atoms with Gasteiger partial charge in [-0.15, -0.1) is 0 Å². The van der Waals surface area contributed by atoms with Gasteiger partial charge in [-0.05, 0) is 12.8 Å².